The van der Waals surface area contributed by atoms with Crippen LogP contribution in [-0.2, 0) is 38.3 Å². The highest BCUT2D eigenvalue weighted by atomic mass is 32.1. The number of hydrogen-bond acceptors (Lipinski definition) is 12. The van der Waals surface area contributed by atoms with E-state index in [4.69, 9.17) is 9.47 Å². The number of unbranched alkanes of at least 4 members (excludes halogenated alkanes) is 4. The van der Waals surface area contributed by atoms with E-state index in [9.17, 15) is 32.7 Å². The van der Waals surface area contributed by atoms with Crippen molar-refractivity contribution in [2.75, 3.05) is 39.5 Å². The Balaban J connectivity index is 0.750. The van der Waals surface area contributed by atoms with Gasteiger partial charge in [-0.05, 0) is 72.8 Å². The second kappa shape index (κ2) is 22.1. The molecule has 5 heterocycles. The van der Waals surface area contributed by atoms with Crippen molar-refractivity contribution < 1.29 is 42.1 Å². The van der Waals surface area contributed by atoms with Crippen molar-refractivity contribution in [2.24, 2.45) is 10.5 Å². The van der Waals surface area contributed by atoms with Gasteiger partial charge in [0, 0.05) is 52.0 Å². The van der Waals surface area contributed by atoms with Crippen LogP contribution in [0, 0.1) is 12.3 Å². The van der Waals surface area contributed by atoms with Crippen LogP contribution in [0.4, 0.5) is 13.2 Å². The molecule has 0 spiro atoms. The molecule has 4 aromatic rings. The van der Waals surface area contributed by atoms with Gasteiger partial charge < -0.3 is 35.0 Å². The molecule has 3 atom stereocenters. The molecule has 0 saturated carbocycles. The first-order valence-electron chi connectivity index (χ1n) is 23.2. The maximum absolute atomic E-state index is 14.0. The first-order valence-corrected chi connectivity index (χ1v) is 24.1. The van der Waals surface area contributed by atoms with E-state index in [-0.39, 0.29) is 37.8 Å². The lowest BCUT2D eigenvalue weighted by Gasteiger charge is -2.35. The SMILES string of the molecule is Cc1ncsc1-c1ccc(CNC(=O)[C@@H]2C[C@H](O)CN2C(=O)[C@@H](NC(=O)COCCCCCCCOc2ccc(C3CCN(C4=Nn5c(nnc5C(F)(F)F)CC4)CC3)cc2)C(C)(C)C)cc1. The van der Waals surface area contributed by atoms with Crippen molar-refractivity contribution in [3.05, 3.63) is 82.5 Å². The number of carbonyl (C=O) groups is 3. The zero-order valence-electron chi connectivity index (χ0n) is 38.7. The van der Waals surface area contributed by atoms with Crippen LogP contribution in [0.25, 0.3) is 10.4 Å². The minimum absolute atomic E-state index is 0.00324. The monoisotopic (exact) mass is 949 g/mol. The number of β-amino-alcohol motifs (C(OH)–C–C–N with tert-alkyl or cyclic N) is 1. The zero-order valence-corrected chi connectivity index (χ0v) is 39.5. The summed E-state index contributed by atoms with van der Waals surface area (Å²) in [7, 11) is 0. The number of ether oxygens (including phenoxy) is 2. The van der Waals surface area contributed by atoms with E-state index in [1.54, 1.807) is 11.3 Å². The molecule has 2 saturated heterocycles. The summed E-state index contributed by atoms with van der Waals surface area (Å²) in [6.45, 7) is 10.00. The summed E-state index contributed by atoms with van der Waals surface area (Å²) >= 11 is 1.57. The minimum atomic E-state index is -4.61. The maximum atomic E-state index is 14.0. The number of piperidine rings is 1. The molecule has 0 radical (unpaired) electrons. The normalized spacial score (nSPS) is 18.4. The fraction of sp³-hybridized carbons (Fsp3) is 0.562. The summed E-state index contributed by atoms with van der Waals surface area (Å²) in [4.78, 5) is 49.3. The van der Waals surface area contributed by atoms with E-state index in [1.165, 1.54) is 10.5 Å². The molecule has 0 unspecified atom stereocenters. The van der Waals surface area contributed by atoms with Crippen molar-refractivity contribution in [3.8, 4) is 16.2 Å². The van der Waals surface area contributed by atoms with Crippen molar-refractivity contribution in [1.29, 1.82) is 0 Å². The highest BCUT2D eigenvalue weighted by Crippen LogP contribution is 2.33. The van der Waals surface area contributed by atoms with Crippen LogP contribution in [0.3, 0.4) is 0 Å². The number of benzene rings is 2. The van der Waals surface area contributed by atoms with E-state index in [1.807, 2.05) is 69.6 Å². The molecule has 2 fully saturated rings. The number of thiazole rings is 1. The van der Waals surface area contributed by atoms with Gasteiger partial charge in [0.1, 0.15) is 30.3 Å². The van der Waals surface area contributed by atoms with Crippen LogP contribution in [0.15, 0.2) is 59.1 Å². The Bertz CT molecular complexity index is 2320. The number of fused-ring (bicyclic) bond motifs is 1. The van der Waals surface area contributed by atoms with E-state index >= 15 is 0 Å². The number of amides is 3. The Hall–Kier alpha value is -5.40. The van der Waals surface area contributed by atoms with Gasteiger partial charge >= 0.3 is 6.18 Å². The van der Waals surface area contributed by atoms with Crippen molar-refractivity contribution >= 4 is 34.9 Å². The number of halogens is 3. The number of aliphatic hydroxyl groups is 1. The van der Waals surface area contributed by atoms with E-state index < -0.39 is 47.4 Å². The number of hydrogen-bond donors (Lipinski definition) is 3. The van der Waals surface area contributed by atoms with E-state index in [2.05, 4.69) is 47.9 Å². The highest BCUT2D eigenvalue weighted by Gasteiger charge is 2.45. The molecule has 2 aromatic heterocycles. The molecular formula is C48H62F3N9O6S. The third kappa shape index (κ3) is 13.0. The molecule has 362 valence electrons. The summed E-state index contributed by atoms with van der Waals surface area (Å²) in [5.41, 5.74) is 5.27. The average molecular weight is 950 g/mol. The first-order chi connectivity index (χ1) is 32.0. The van der Waals surface area contributed by atoms with Gasteiger partial charge in [0.2, 0.25) is 17.7 Å². The number of amidine groups is 1. The molecule has 7 rings (SSSR count). The topological polar surface area (TPSA) is 176 Å². The Morgan fingerprint density at radius 1 is 0.925 bits per heavy atom. The Kier molecular flexibility index (Phi) is 16.4. The lowest BCUT2D eigenvalue weighted by atomic mass is 9.85. The summed E-state index contributed by atoms with van der Waals surface area (Å²) < 4.78 is 52.6. The van der Waals surface area contributed by atoms with Crippen LogP contribution in [0.5, 0.6) is 5.75 Å². The standard InChI is InChI=1S/C48H62F3N9O6S/c1-31-42(67-30-53-31)35-12-10-32(11-13-35)27-52-44(63)38-26-36(61)28-59(38)45(64)43(47(2,3)4)54-41(62)29-65-24-8-6-5-7-9-25-66-37-16-14-33(15-17-37)34-20-22-58(23-21-34)40-19-18-39-55-56-46(48(49,50)51)60(39)57-40/h10-17,30,34,36,38,43,61H,5-9,18-29H2,1-4H3,(H,52,63)(H,54,62)/t36-,38-,43+/m0/s1. The van der Waals surface area contributed by atoms with Crippen molar-refractivity contribution in [1.82, 2.24) is 40.3 Å². The third-order valence-corrected chi connectivity index (χ3v) is 13.6. The Morgan fingerprint density at radius 2 is 1.63 bits per heavy atom. The van der Waals surface area contributed by atoms with Crippen LogP contribution in [0.2, 0.25) is 0 Å². The molecule has 0 aliphatic carbocycles. The van der Waals surface area contributed by atoms with Gasteiger partial charge in [-0.3, -0.25) is 14.4 Å². The summed E-state index contributed by atoms with van der Waals surface area (Å²) in [5, 5.41) is 27.6. The highest BCUT2D eigenvalue weighted by molar-refractivity contribution is 7.13. The van der Waals surface area contributed by atoms with Crippen molar-refractivity contribution in [2.45, 2.75) is 129 Å². The molecule has 15 nitrogen and oxygen atoms in total. The second-order valence-electron chi connectivity index (χ2n) is 18.7. The van der Waals surface area contributed by atoms with Crippen LogP contribution in [0.1, 0.15) is 113 Å². The zero-order chi connectivity index (χ0) is 47.7. The molecular weight excluding hydrogens is 888 g/mol. The Labute approximate surface area is 393 Å². The third-order valence-electron chi connectivity index (χ3n) is 12.6. The molecule has 3 N–H and O–H groups in total. The molecule has 0 bridgehead atoms. The number of rotatable bonds is 18. The molecule has 19 heteroatoms. The number of alkyl halides is 3. The maximum Gasteiger partial charge on any atom is 0.453 e. The number of aliphatic hydroxyl groups excluding tert-OH is 1. The summed E-state index contributed by atoms with van der Waals surface area (Å²) in [6, 6.07) is 14.2. The number of nitrogens with zero attached hydrogens (tertiary/aromatic N) is 7. The van der Waals surface area contributed by atoms with Gasteiger partial charge in [-0.2, -0.15) is 22.9 Å². The molecule has 67 heavy (non-hydrogen) atoms. The fourth-order valence-corrected chi connectivity index (χ4v) is 9.65. The number of aryl methyl sites for hydroxylation is 2. The lowest BCUT2D eigenvalue weighted by Crippen LogP contribution is -2.58. The second-order valence-corrected chi connectivity index (χ2v) is 19.6. The number of likely N-dealkylation sites (tertiary alicyclic amines) is 2. The largest absolute Gasteiger partial charge is 0.494 e. The van der Waals surface area contributed by atoms with E-state index in [0.717, 1.165) is 77.1 Å². The van der Waals surface area contributed by atoms with Crippen LogP contribution >= 0.6 is 11.3 Å². The summed E-state index contributed by atoms with van der Waals surface area (Å²) in [6.07, 6.45) is 1.89. The minimum Gasteiger partial charge on any atom is -0.494 e. The average Bonchev–Trinajstić information content (AvgIpc) is 4.06. The lowest BCUT2D eigenvalue weighted by molar-refractivity contribution is -0.147. The first kappa shape index (κ1) is 49.5. The Morgan fingerprint density at radius 3 is 2.30 bits per heavy atom. The number of carbonyl (C=O) groups excluding carboxylic acids is 3. The van der Waals surface area contributed by atoms with E-state index in [0.29, 0.717) is 50.9 Å². The van der Waals surface area contributed by atoms with Gasteiger partial charge in [-0.15, -0.1) is 21.5 Å². The molecule has 3 aliphatic heterocycles. The van der Waals surface area contributed by atoms with Gasteiger partial charge in [-0.1, -0.05) is 76.4 Å². The van der Waals surface area contributed by atoms with Crippen LogP contribution in [-0.4, -0.2) is 116 Å². The molecule has 3 aliphatic rings. The number of aromatic nitrogens is 4. The fourth-order valence-electron chi connectivity index (χ4n) is 8.84. The summed E-state index contributed by atoms with van der Waals surface area (Å²) in [5.74, 6) is -0.253. The number of nitrogens with one attached hydrogen (secondary N) is 2. The van der Waals surface area contributed by atoms with Gasteiger partial charge in [0.05, 0.1) is 28.8 Å². The van der Waals surface area contributed by atoms with Crippen LogP contribution < -0.4 is 15.4 Å². The molecule has 2 aromatic carbocycles. The van der Waals surface area contributed by atoms with Gasteiger partial charge in [0.15, 0.2) is 5.82 Å². The predicted molar refractivity (Wildman–Crippen MR) is 247 cm³/mol. The smallest absolute Gasteiger partial charge is 0.453 e. The van der Waals surface area contributed by atoms with Gasteiger partial charge in [0.25, 0.3) is 5.82 Å². The molecule has 3 amide bonds. The van der Waals surface area contributed by atoms with Crippen molar-refractivity contribution in [3.63, 3.8) is 0 Å². The van der Waals surface area contributed by atoms with Gasteiger partial charge in [-0.25, -0.2) is 4.98 Å². The predicted octanol–water partition coefficient (Wildman–Crippen LogP) is 6.87. The quantitative estimate of drug-likeness (QED) is 0.0893.